The first kappa shape index (κ1) is 18.5. The van der Waals surface area contributed by atoms with E-state index in [4.69, 9.17) is 26.6 Å². The van der Waals surface area contributed by atoms with Gasteiger partial charge in [-0.1, -0.05) is 18.0 Å². The van der Waals surface area contributed by atoms with Crippen LogP contribution in [0.1, 0.15) is 37.7 Å². The SMILES string of the molecule is O=C(O)CC[C@H]1CCCCN1Cc1cc(Cl)ccc1OCC(=O)O. The summed E-state index contributed by atoms with van der Waals surface area (Å²) in [6, 6.07) is 5.33. The molecular weight excluding hydrogens is 334 g/mol. The molecule has 0 unspecified atom stereocenters. The van der Waals surface area contributed by atoms with Crippen LogP contribution in [0.3, 0.4) is 0 Å². The average molecular weight is 356 g/mol. The number of nitrogens with zero attached hydrogens (tertiary/aromatic N) is 1. The molecule has 7 heteroatoms. The second-order valence-corrected chi connectivity index (χ2v) is 6.42. The Labute approximate surface area is 146 Å². The molecule has 2 N–H and O–H groups in total. The molecule has 1 aromatic carbocycles. The standard InChI is InChI=1S/C17H22ClNO5/c18-13-4-6-15(24-11-17(22)23)12(9-13)10-19-8-2-1-3-14(19)5-7-16(20)21/h4,6,9,14H,1-3,5,7-8,10-11H2,(H,20,21)(H,22,23)/t14-/m1/s1. The Hall–Kier alpha value is -1.79. The number of likely N-dealkylation sites (tertiary alicyclic amines) is 1. The zero-order valence-corrected chi connectivity index (χ0v) is 14.2. The Kier molecular flexibility index (Phi) is 6.87. The lowest BCUT2D eigenvalue weighted by Gasteiger charge is -2.36. The number of hydrogen-bond donors (Lipinski definition) is 2. The van der Waals surface area contributed by atoms with Gasteiger partial charge < -0.3 is 14.9 Å². The van der Waals surface area contributed by atoms with Crippen LogP contribution in [0.15, 0.2) is 18.2 Å². The molecule has 1 fully saturated rings. The molecule has 0 bridgehead atoms. The zero-order valence-electron chi connectivity index (χ0n) is 13.4. The van der Waals surface area contributed by atoms with Gasteiger partial charge in [0.1, 0.15) is 5.75 Å². The maximum Gasteiger partial charge on any atom is 0.341 e. The van der Waals surface area contributed by atoms with E-state index in [1.165, 1.54) is 0 Å². The van der Waals surface area contributed by atoms with Gasteiger partial charge in [-0.15, -0.1) is 0 Å². The van der Waals surface area contributed by atoms with Crippen molar-refractivity contribution in [1.82, 2.24) is 4.90 Å². The normalized spacial score (nSPS) is 18.3. The highest BCUT2D eigenvalue weighted by Gasteiger charge is 2.24. The molecular formula is C17H22ClNO5. The summed E-state index contributed by atoms with van der Waals surface area (Å²) in [5.41, 5.74) is 0.825. The Morgan fingerprint density at radius 2 is 2.04 bits per heavy atom. The molecule has 1 atom stereocenters. The van der Waals surface area contributed by atoms with Gasteiger partial charge in [0.25, 0.3) is 0 Å². The monoisotopic (exact) mass is 355 g/mol. The summed E-state index contributed by atoms with van der Waals surface area (Å²) in [4.78, 5) is 23.8. The number of benzene rings is 1. The second kappa shape index (κ2) is 8.89. The quantitative estimate of drug-likeness (QED) is 0.745. The first-order valence-electron chi connectivity index (χ1n) is 8.04. The van der Waals surface area contributed by atoms with Crippen molar-refractivity contribution in [2.75, 3.05) is 13.2 Å². The van der Waals surface area contributed by atoms with Crippen molar-refractivity contribution in [3.05, 3.63) is 28.8 Å². The highest BCUT2D eigenvalue weighted by molar-refractivity contribution is 6.30. The van der Waals surface area contributed by atoms with Crippen molar-refractivity contribution >= 4 is 23.5 Å². The minimum atomic E-state index is -1.03. The lowest BCUT2D eigenvalue weighted by molar-refractivity contribution is -0.139. The maximum absolute atomic E-state index is 10.8. The number of rotatable bonds is 8. The number of carboxylic acid groups (broad SMARTS) is 2. The summed E-state index contributed by atoms with van der Waals surface area (Å²) in [5.74, 6) is -1.31. The van der Waals surface area contributed by atoms with Crippen LogP contribution in [0.4, 0.5) is 0 Å². The van der Waals surface area contributed by atoms with E-state index in [1.807, 2.05) is 0 Å². The predicted octanol–water partition coefficient (Wildman–Crippen LogP) is 3.02. The summed E-state index contributed by atoms with van der Waals surface area (Å²) >= 11 is 6.07. The summed E-state index contributed by atoms with van der Waals surface area (Å²) in [6.45, 7) is 1.05. The van der Waals surface area contributed by atoms with E-state index < -0.39 is 18.5 Å². The fourth-order valence-corrected chi connectivity index (χ4v) is 3.25. The number of hydrogen-bond acceptors (Lipinski definition) is 4. The highest BCUT2D eigenvalue weighted by Crippen LogP contribution is 2.28. The lowest BCUT2D eigenvalue weighted by Crippen LogP contribution is -2.39. The minimum absolute atomic E-state index is 0.152. The number of aliphatic carboxylic acids is 2. The van der Waals surface area contributed by atoms with E-state index in [-0.39, 0.29) is 12.5 Å². The van der Waals surface area contributed by atoms with Gasteiger partial charge >= 0.3 is 11.9 Å². The van der Waals surface area contributed by atoms with Gasteiger partial charge in [-0.3, -0.25) is 9.69 Å². The largest absolute Gasteiger partial charge is 0.482 e. The van der Waals surface area contributed by atoms with Gasteiger partial charge in [0, 0.05) is 29.6 Å². The number of ether oxygens (including phenoxy) is 1. The van der Waals surface area contributed by atoms with Gasteiger partial charge in [0.2, 0.25) is 0 Å². The molecule has 6 nitrogen and oxygen atoms in total. The third-order valence-corrected chi connectivity index (χ3v) is 4.42. The van der Waals surface area contributed by atoms with E-state index in [9.17, 15) is 9.59 Å². The maximum atomic E-state index is 10.8. The van der Waals surface area contributed by atoms with Crippen molar-refractivity contribution in [2.45, 2.75) is 44.7 Å². The van der Waals surface area contributed by atoms with Gasteiger partial charge in [-0.05, 0) is 44.0 Å². The van der Waals surface area contributed by atoms with Gasteiger partial charge in [-0.2, -0.15) is 0 Å². The van der Waals surface area contributed by atoms with Gasteiger partial charge in [0.05, 0.1) is 0 Å². The van der Waals surface area contributed by atoms with Crippen molar-refractivity contribution in [3.63, 3.8) is 0 Å². The molecule has 1 aliphatic rings. The van der Waals surface area contributed by atoms with Crippen molar-refractivity contribution in [3.8, 4) is 5.75 Å². The number of carboxylic acids is 2. The molecule has 0 aromatic heterocycles. The molecule has 2 rings (SSSR count). The van der Waals surface area contributed by atoms with Crippen molar-refractivity contribution in [1.29, 1.82) is 0 Å². The summed E-state index contributed by atoms with van der Waals surface area (Å²) in [7, 11) is 0. The first-order chi connectivity index (χ1) is 11.5. The fourth-order valence-electron chi connectivity index (χ4n) is 3.06. The van der Waals surface area contributed by atoms with Crippen LogP contribution in [0.2, 0.25) is 5.02 Å². The fraction of sp³-hybridized carbons (Fsp3) is 0.529. The molecule has 132 valence electrons. The Bertz CT molecular complexity index is 592. The molecule has 0 amide bonds. The van der Waals surface area contributed by atoms with Crippen LogP contribution in [-0.4, -0.2) is 46.2 Å². The number of piperidine rings is 1. The van der Waals surface area contributed by atoms with Crippen LogP contribution in [-0.2, 0) is 16.1 Å². The molecule has 0 spiro atoms. The topological polar surface area (TPSA) is 87.1 Å². The van der Waals surface area contributed by atoms with Crippen LogP contribution in [0.5, 0.6) is 5.75 Å². The Morgan fingerprint density at radius 3 is 2.75 bits per heavy atom. The molecule has 1 aliphatic heterocycles. The minimum Gasteiger partial charge on any atom is -0.482 e. The summed E-state index contributed by atoms with van der Waals surface area (Å²) in [6.07, 6.45) is 3.90. The second-order valence-electron chi connectivity index (χ2n) is 5.99. The van der Waals surface area contributed by atoms with Crippen LogP contribution in [0, 0.1) is 0 Å². The van der Waals surface area contributed by atoms with Crippen LogP contribution in [0.25, 0.3) is 0 Å². The first-order valence-corrected chi connectivity index (χ1v) is 8.42. The smallest absolute Gasteiger partial charge is 0.341 e. The van der Waals surface area contributed by atoms with E-state index in [0.29, 0.717) is 23.7 Å². The van der Waals surface area contributed by atoms with Crippen molar-refractivity contribution < 1.29 is 24.5 Å². The lowest BCUT2D eigenvalue weighted by atomic mass is 9.97. The zero-order chi connectivity index (χ0) is 17.5. The summed E-state index contributed by atoms with van der Waals surface area (Å²) in [5, 5.41) is 18.3. The van der Waals surface area contributed by atoms with Crippen LogP contribution < -0.4 is 4.74 Å². The third kappa shape index (κ3) is 5.69. The molecule has 0 aliphatic carbocycles. The molecule has 0 radical (unpaired) electrons. The van der Waals surface area contributed by atoms with E-state index in [0.717, 1.165) is 31.4 Å². The molecule has 1 heterocycles. The molecule has 0 saturated carbocycles. The van der Waals surface area contributed by atoms with Crippen molar-refractivity contribution in [2.24, 2.45) is 0 Å². The van der Waals surface area contributed by atoms with Gasteiger partial charge in [0.15, 0.2) is 6.61 Å². The van der Waals surface area contributed by atoms with E-state index >= 15 is 0 Å². The molecule has 24 heavy (non-hydrogen) atoms. The number of carbonyl (C=O) groups is 2. The highest BCUT2D eigenvalue weighted by atomic mass is 35.5. The molecule has 1 aromatic rings. The Balaban J connectivity index is 2.10. The third-order valence-electron chi connectivity index (χ3n) is 4.19. The predicted molar refractivity (Wildman–Crippen MR) is 89.5 cm³/mol. The van der Waals surface area contributed by atoms with Crippen LogP contribution >= 0.6 is 11.6 Å². The average Bonchev–Trinajstić information content (AvgIpc) is 2.53. The summed E-state index contributed by atoms with van der Waals surface area (Å²) < 4.78 is 5.35. The van der Waals surface area contributed by atoms with E-state index in [2.05, 4.69) is 4.90 Å². The molecule has 1 saturated heterocycles. The van der Waals surface area contributed by atoms with Gasteiger partial charge in [-0.25, -0.2) is 4.79 Å². The van der Waals surface area contributed by atoms with E-state index in [1.54, 1.807) is 18.2 Å². The Morgan fingerprint density at radius 1 is 1.25 bits per heavy atom. The number of halogens is 1.